The molecule has 1 unspecified atom stereocenters. The number of fused-ring (bicyclic) bond motifs is 1. The molecule has 1 saturated heterocycles. The van der Waals surface area contributed by atoms with E-state index >= 15 is 0 Å². The lowest BCUT2D eigenvalue weighted by molar-refractivity contribution is -0.0565. The highest BCUT2D eigenvalue weighted by Crippen LogP contribution is 2.41. The lowest BCUT2D eigenvalue weighted by Crippen LogP contribution is -2.36. The fourth-order valence-corrected chi connectivity index (χ4v) is 2.95. The van der Waals surface area contributed by atoms with Crippen molar-refractivity contribution in [3.8, 4) is 11.6 Å². The van der Waals surface area contributed by atoms with Crippen molar-refractivity contribution >= 4 is 16.2 Å². The summed E-state index contributed by atoms with van der Waals surface area (Å²) in [7, 11) is -4.48. The Hall–Kier alpha value is -1.93. The molecule has 0 aliphatic carbocycles. The molecule has 3 rings (SSSR count). The van der Waals surface area contributed by atoms with E-state index < -0.39 is 64.7 Å². The zero-order chi connectivity index (χ0) is 16.2. The number of hydrogen-bond acceptors (Lipinski definition) is 11. The summed E-state index contributed by atoms with van der Waals surface area (Å²) < 4.78 is 37.3. The van der Waals surface area contributed by atoms with E-state index in [1.165, 1.54) is 0 Å². The summed E-state index contributed by atoms with van der Waals surface area (Å²) >= 11 is 0. The Kier molecular flexibility index (Phi) is 3.26. The minimum atomic E-state index is -4.48. The van der Waals surface area contributed by atoms with Crippen LogP contribution in [0.25, 0.3) is 0 Å². The van der Waals surface area contributed by atoms with Crippen molar-refractivity contribution < 1.29 is 36.8 Å². The molecule has 5 N–H and O–H groups in total. The van der Waals surface area contributed by atoms with Crippen molar-refractivity contribution in [3.05, 3.63) is 10.5 Å². The van der Waals surface area contributed by atoms with Crippen LogP contribution in [0.1, 0.15) is 6.23 Å². The van der Waals surface area contributed by atoms with E-state index in [2.05, 4.69) is 13.4 Å². The molecule has 0 aromatic carbocycles. The SMILES string of the molecule is Nc1nc(=O)n(C2O[C@H](CO)[C@@H](O)[C@H]2O)c2c1OS(=O)(=O)O2. The maximum Gasteiger partial charge on any atom is 0.502 e. The van der Waals surface area contributed by atoms with Crippen LogP contribution in [0.3, 0.4) is 0 Å². The standard InChI is InChI=1S/C9H11N3O9S/c10-6-5-8(21-22(17,18)20-5)12(9(16)11-6)7-4(15)3(14)2(1-13)19-7/h2-4,7,13-15H,1H2,(H2,10,11,16)/t2-,3-,4-,7?/m1/s1. The topological polar surface area (TPSA) is 183 Å². The molecule has 3 heterocycles. The van der Waals surface area contributed by atoms with Gasteiger partial charge in [0, 0.05) is 0 Å². The van der Waals surface area contributed by atoms with Crippen molar-refractivity contribution in [2.75, 3.05) is 12.3 Å². The van der Waals surface area contributed by atoms with Crippen molar-refractivity contribution in [1.82, 2.24) is 9.55 Å². The van der Waals surface area contributed by atoms with Crippen molar-refractivity contribution in [2.24, 2.45) is 0 Å². The normalized spacial score (nSPS) is 32.3. The monoisotopic (exact) mass is 337 g/mol. The molecule has 1 aromatic rings. The van der Waals surface area contributed by atoms with Gasteiger partial charge in [0.2, 0.25) is 5.75 Å². The summed E-state index contributed by atoms with van der Waals surface area (Å²) in [6.07, 6.45) is -5.87. The van der Waals surface area contributed by atoms with Crippen LogP contribution in [-0.2, 0) is 15.1 Å². The van der Waals surface area contributed by atoms with E-state index in [1.54, 1.807) is 0 Å². The molecule has 1 aromatic heterocycles. The number of hydrogen-bond donors (Lipinski definition) is 4. The summed E-state index contributed by atoms with van der Waals surface area (Å²) in [6, 6.07) is 0. The van der Waals surface area contributed by atoms with E-state index in [9.17, 15) is 23.4 Å². The number of nitrogens with zero attached hydrogens (tertiary/aromatic N) is 2. The molecule has 0 bridgehead atoms. The Morgan fingerprint density at radius 1 is 1.27 bits per heavy atom. The van der Waals surface area contributed by atoms with Crippen molar-refractivity contribution in [3.63, 3.8) is 0 Å². The molecule has 122 valence electrons. The Bertz CT molecular complexity index is 775. The number of rotatable bonds is 2. The van der Waals surface area contributed by atoms with Gasteiger partial charge in [-0.25, -0.2) is 9.36 Å². The van der Waals surface area contributed by atoms with Gasteiger partial charge in [0.15, 0.2) is 12.0 Å². The average Bonchev–Trinajstić information content (AvgIpc) is 2.89. The first-order valence-corrected chi connectivity index (χ1v) is 7.27. The largest absolute Gasteiger partial charge is 0.502 e. The van der Waals surface area contributed by atoms with E-state index in [-0.39, 0.29) is 0 Å². The third-order valence-electron chi connectivity index (χ3n) is 3.21. The predicted molar refractivity (Wildman–Crippen MR) is 66.1 cm³/mol. The minimum absolute atomic E-state index is 0.524. The maximum atomic E-state index is 12.0. The number of ether oxygens (including phenoxy) is 1. The fraction of sp³-hybridized carbons (Fsp3) is 0.556. The molecule has 22 heavy (non-hydrogen) atoms. The van der Waals surface area contributed by atoms with Gasteiger partial charge in [0.05, 0.1) is 6.61 Å². The minimum Gasteiger partial charge on any atom is -0.394 e. The summed E-state index contributed by atoms with van der Waals surface area (Å²) in [6.45, 7) is -0.635. The van der Waals surface area contributed by atoms with Gasteiger partial charge in [-0.3, -0.25) is 0 Å². The predicted octanol–water partition coefficient (Wildman–Crippen LogP) is -3.55. The summed E-state index contributed by atoms with van der Waals surface area (Å²) in [5.41, 5.74) is 4.30. The van der Waals surface area contributed by atoms with Gasteiger partial charge in [0.25, 0.3) is 5.88 Å². The van der Waals surface area contributed by atoms with Crippen LogP contribution in [0.4, 0.5) is 5.82 Å². The molecule has 2 aliphatic heterocycles. The van der Waals surface area contributed by atoms with Crippen LogP contribution in [0.15, 0.2) is 4.79 Å². The lowest BCUT2D eigenvalue weighted by atomic mass is 10.1. The highest BCUT2D eigenvalue weighted by Gasteiger charge is 2.47. The molecular formula is C9H11N3O9S. The molecule has 0 radical (unpaired) electrons. The first-order valence-electron chi connectivity index (χ1n) is 5.93. The van der Waals surface area contributed by atoms with Gasteiger partial charge < -0.3 is 34.2 Å². The molecule has 2 aliphatic rings. The van der Waals surface area contributed by atoms with E-state index in [4.69, 9.17) is 15.6 Å². The first kappa shape index (κ1) is 15.0. The smallest absolute Gasteiger partial charge is 0.394 e. The zero-order valence-electron chi connectivity index (χ0n) is 10.7. The molecule has 0 saturated carbocycles. The number of nitrogen functional groups attached to an aromatic ring is 1. The third kappa shape index (κ3) is 2.10. The van der Waals surface area contributed by atoms with E-state index in [0.717, 1.165) is 0 Å². The van der Waals surface area contributed by atoms with Crippen LogP contribution >= 0.6 is 0 Å². The summed E-state index contributed by atoms with van der Waals surface area (Å²) in [5.74, 6) is -1.69. The Morgan fingerprint density at radius 2 is 1.95 bits per heavy atom. The van der Waals surface area contributed by atoms with Crippen molar-refractivity contribution in [2.45, 2.75) is 24.5 Å². The molecule has 0 spiro atoms. The number of nitrogens with two attached hydrogens (primary N) is 1. The quantitative estimate of drug-likeness (QED) is 0.419. The molecule has 13 heteroatoms. The average molecular weight is 337 g/mol. The highest BCUT2D eigenvalue weighted by molar-refractivity contribution is 7.82. The second-order valence-electron chi connectivity index (χ2n) is 4.59. The Morgan fingerprint density at radius 3 is 2.55 bits per heavy atom. The van der Waals surface area contributed by atoms with E-state index in [1.807, 2.05) is 0 Å². The molecule has 12 nitrogen and oxygen atoms in total. The molecule has 1 fully saturated rings. The van der Waals surface area contributed by atoms with Crippen LogP contribution in [0, 0.1) is 0 Å². The zero-order valence-corrected chi connectivity index (χ0v) is 11.5. The van der Waals surface area contributed by atoms with Gasteiger partial charge in [-0.1, -0.05) is 0 Å². The van der Waals surface area contributed by atoms with Crippen LogP contribution in [0.5, 0.6) is 11.6 Å². The Labute approximate surface area is 122 Å². The number of anilines is 1. The van der Waals surface area contributed by atoms with Gasteiger partial charge >= 0.3 is 16.1 Å². The van der Waals surface area contributed by atoms with Crippen LogP contribution in [0.2, 0.25) is 0 Å². The summed E-state index contributed by atoms with van der Waals surface area (Å²) in [5, 5.41) is 28.7. The second kappa shape index (κ2) is 4.79. The van der Waals surface area contributed by atoms with E-state index in [0.29, 0.717) is 4.57 Å². The lowest BCUT2D eigenvalue weighted by Gasteiger charge is -2.18. The van der Waals surface area contributed by atoms with Gasteiger partial charge in [0.1, 0.15) is 18.3 Å². The molecule has 4 atom stereocenters. The maximum absolute atomic E-state index is 12.0. The van der Waals surface area contributed by atoms with Gasteiger partial charge in [-0.15, -0.1) is 8.42 Å². The Balaban J connectivity index is 2.14. The van der Waals surface area contributed by atoms with Crippen molar-refractivity contribution in [1.29, 1.82) is 0 Å². The number of aromatic nitrogens is 2. The van der Waals surface area contributed by atoms with Gasteiger partial charge in [-0.2, -0.15) is 4.98 Å². The summed E-state index contributed by atoms with van der Waals surface area (Å²) in [4.78, 5) is 15.3. The molecule has 0 amide bonds. The number of aliphatic hydroxyl groups excluding tert-OH is 3. The van der Waals surface area contributed by atoms with Gasteiger partial charge in [-0.05, 0) is 0 Å². The fourth-order valence-electron chi connectivity index (χ4n) is 2.20. The second-order valence-corrected chi connectivity index (χ2v) is 5.74. The third-order valence-corrected chi connectivity index (χ3v) is 3.94. The number of aliphatic hydroxyl groups is 3. The van der Waals surface area contributed by atoms with Crippen LogP contribution in [-0.4, -0.2) is 58.2 Å². The highest BCUT2D eigenvalue weighted by atomic mass is 32.3. The first-order chi connectivity index (χ1) is 10.2. The molecular weight excluding hydrogens is 326 g/mol. The van der Waals surface area contributed by atoms with Crippen LogP contribution < -0.4 is 19.8 Å².